The molecule has 0 spiro atoms. The molecule has 1 amide bonds. The molecule has 0 radical (unpaired) electrons. The summed E-state index contributed by atoms with van der Waals surface area (Å²) in [5.41, 5.74) is -0.471. The molecule has 4 nitrogen and oxygen atoms in total. The van der Waals surface area contributed by atoms with Crippen molar-refractivity contribution in [3.63, 3.8) is 0 Å². The van der Waals surface area contributed by atoms with Crippen molar-refractivity contribution in [2.45, 2.75) is 39.7 Å². The molecule has 2 N–H and O–H groups in total. The van der Waals surface area contributed by atoms with Crippen LogP contribution in [0.2, 0.25) is 0 Å². The lowest BCUT2D eigenvalue weighted by molar-refractivity contribution is -0.140. The van der Waals surface area contributed by atoms with E-state index in [1.165, 1.54) is 0 Å². The van der Waals surface area contributed by atoms with Crippen LogP contribution in [0.25, 0.3) is 0 Å². The van der Waals surface area contributed by atoms with E-state index in [0.29, 0.717) is 6.42 Å². The molecule has 0 aliphatic heterocycles. The van der Waals surface area contributed by atoms with Gasteiger partial charge in [-0.1, -0.05) is 33.1 Å². The Morgan fingerprint density at radius 3 is 2.41 bits per heavy atom. The van der Waals surface area contributed by atoms with Crippen LogP contribution in [0, 0.1) is 29.6 Å². The summed E-state index contributed by atoms with van der Waals surface area (Å²) >= 11 is 0. The maximum atomic E-state index is 11.9. The number of carbonyl (C=O) groups excluding carboxylic acids is 1. The molecular weight excluding hydrogens is 218 g/mol. The van der Waals surface area contributed by atoms with Gasteiger partial charge in [-0.3, -0.25) is 9.59 Å². The number of hydrogen-bond donors (Lipinski definition) is 2. The Morgan fingerprint density at radius 2 is 2.06 bits per heavy atom. The minimum Gasteiger partial charge on any atom is -0.481 e. The molecule has 3 atom stereocenters. The topological polar surface area (TPSA) is 66.4 Å². The van der Waals surface area contributed by atoms with Gasteiger partial charge in [-0.05, 0) is 11.8 Å². The predicted octanol–water partition coefficient (Wildman–Crippen LogP) is 1.26. The second-order valence-electron chi connectivity index (χ2n) is 5.13. The highest BCUT2D eigenvalue weighted by Crippen LogP contribution is 2.58. The van der Waals surface area contributed by atoms with Crippen LogP contribution in [0.3, 0.4) is 0 Å². The highest BCUT2D eigenvalue weighted by Gasteiger charge is 2.65. The van der Waals surface area contributed by atoms with E-state index in [2.05, 4.69) is 11.2 Å². The lowest BCUT2D eigenvalue weighted by Crippen LogP contribution is -2.36. The zero-order valence-corrected chi connectivity index (χ0v) is 10.5. The minimum atomic E-state index is -0.914. The standard InChI is InChI=1S/C13H19NO3/c1-5-7-8(6-2)14-11(15)9-10(12(16)17)13(9,3)4/h2,8-10H,5,7H2,1,3-4H3,(H,14,15)(H,16,17)/t8?,9-,10+/m1/s1. The van der Waals surface area contributed by atoms with Crippen LogP contribution >= 0.6 is 0 Å². The lowest BCUT2D eigenvalue weighted by Gasteiger charge is -2.12. The maximum Gasteiger partial charge on any atom is 0.307 e. The Morgan fingerprint density at radius 1 is 1.47 bits per heavy atom. The monoisotopic (exact) mass is 237 g/mol. The third-order valence-corrected chi connectivity index (χ3v) is 3.47. The van der Waals surface area contributed by atoms with Crippen LogP contribution in [-0.4, -0.2) is 23.0 Å². The summed E-state index contributed by atoms with van der Waals surface area (Å²) in [6.45, 7) is 5.57. The Bertz CT molecular complexity index is 367. The van der Waals surface area contributed by atoms with Gasteiger partial charge in [-0.2, -0.15) is 0 Å². The predicted molar refractivity (Wildman–Crippen MR) is 64.1 cm³/mol. The molecule has 0 saturated heterocycles. The van der Waals surface area contributed by atoms with Crippen LogP contribution < -0.4 is 5.32 Å². The Balaban J connectivity index is 2.62. The van der Waals surface area contributed by atoms with Crippen molar-refractivity contribution in [3.05, 3.63) is 0 Å². The van der Waals surface area contributed by atoms with Gasteiger partial charge in [0, 0.05) is 0 Å². The maximum absolute atomic E-state index is 11.9. The molecule has 1 aliphatic carbocycles. The normalized spacial score (nSPS) is 26.7. The van der Waals surface area contributed by atoms with E-state index in [1.54, 1.807) is 13.8 Å². The molecular formula is C13H19NO3. The van der Waals surface area contributed by atoms with Crippen molar-refractivity contribution < 1.29 is 14.7 Å². The molecule has 1 aliphatic rings. The number of rotatable bonds is 5. The third kappa shape index (κ3) is 2.60. The van der Waals surface area contributed by atoms with Gasteiger partial charge in [0.1, 0.15) is 0 Å². The van der Waals surface area contributed by atoms with Gasteiger partial charge in [0.2, 0.25) is 5.91 Å². The molecule has 17 heavy (non-hydrogen) atoms. The minimum absolute atomic E-state index is 0.237. The van der Waals surface area contributed by atoms with Gasteiger partial charge < -0.3 is 10.4 Å². The molecule has 1 saturated carbocycles. The largest absolute Gasteiger partial charge is 0.481 e. The highest BCUT2D eigenvalue weighted by molar-refractivity contribution is 5.91. The Hall–Kier alpha value is -1.50. The fourth-order valence-electron chi connectivity index (χ4n) is 2.34. The van der Waals surface area contributed by atoms with Crippen molar-refractivity contribution in [2.24, 2.45) is 17.3 Å². The van der Waals surface area contributed by atoms with E-state index >= 15 is 0 Å². The highest BCUT2D eigenvalue weighted by atomic mass is 16.4. The Labute approximate surface area is 102 Å². The van der Waals surface area contributed by atoms with Crippen molar-refractivity contribution in [2.75, 3.05) is 0 Å². The number of hydrogen-bond acceptors (Lipinski definition) is 2. The molecule has 0 heterocycles. The van der Waals surface area contributed by atoms with Crippen LogP contribution in [-0.2, 0) is 9.59 Å². The molecule has 0 aromatic heterocycles. The number of carboxylic acid groups (broad SMARTS) is 1. The smallest absolute Gasteiger partial charge is 0.307 e. The summed E-state index contributed by atoms with van der Waals surface area (Å²) in [5, 5.41) is 11.7. The molecule has 0 aromatic rings. The Kier molecular flexibility index (Phi) is 3.82. The summed E-state index contributed by atoms with van der Waals surface area (Å²) < 4.78 is 0. The first-order chi connectivity index (χ1) is 7.86. The van der Waals surface area contributed by atoms with Gasteiger partial charge in [0.05, 0.1) is 17.9 Å². The lowest BCUT2D eigenvalue weighted by atomic mass is 10.1. The van der Waals surface area contributed by atoms with E-state index in [-0.39, 0.29) is 11.9 Å². The number of nitrogens with one attached hydrogen (secondary N) is 1. The molecule has 0 bridgehead atoms. The van der Waals surface area contributed by atoms with Gasteiger partial charge in [0.25, 0.3) is 0 Å². The summed E-state index contributed by atoms with van der Waals surface area (Å²) in [5.74, 6) is 0.297. The third-order valence-electron chi connectivity index (χ3n) is 3.47. The molecule has 1 fully saturated rings. The second kappa shape index (κ2) is 4.79. The average molecular weight is 237 g/mol. The first-order valence-corrected chi connectivity index (χ1v) is 5.85. The SMILES string of the molecule is C#CC(CCC)NC(=O)[C@H]1[C@@H](C(=O)O)C1(C)C. The first kappa shape index (κ1) is 13.6. The molecule has 1 rings (SSSR count). The number of carboxylic acids is 1. The van der Waals surface area contributed by atoms with Crippen molar-refractivity contribution in [3.8, 4) is 12.3 Å². The van der Waals surface area contributed by atoms with Crippen molar-refractivity contribution in [1.82, 2.24) is 5.32 Å². The molecule has 94 valence electrons. The van der Waals surface area contributed by atoms with E-state index < -0.39 is 23.2 Å². The first-order valence-electron chi connectivity index (χ1n) is 5.85. The summed E-state index contributed by atoms with van der Waals surface area (Å²) in [7, 11) is 0. The van der Waals surface area contributed by atoms with Gasteiger partial charge in [0.15, 0.2) is 0 Å². The van der Waals surface area contributed by atoms with E-state index in [1.807, 2.05) is 6.92 Å². The van der Waals surface area contributed by atoms with E-state index in [0.717, 1.165) is 6.42 Å². The van der Waals surface area contributed by atoms with E-state index in [9.17, 15) is 9.59 Å². The molecule has 4 heteroatoms. The average Bonchev–Trinajstić information content (AvgIpc) is 2.81. The van der Waals surface area contributed by atoms with Crippen LogP contribution in [0.4, 0.5) is 0 Å². The van der Waals surface area contributed by atoms with Crippen LogP contribution in [0.1, 0.15) is 33.6 Å². The number of carbonyl (C=O) groups is 2. The summed E-state index contributed by atoms with van der Waals surface area (Å²) in [6, 6.07) is -0.293. The fourth-order valence-corrected chi connectivity index (χ4v) is 2.34. The zero-order valence-electron chi connectivity index (χ0n) is 10.5. The molecule has 1 unspecified atom stereocenters. The number of aliphatic carboxylic acids is 1. The summed E-state index contributed by atoms with van der Waals surface area (Å²) in [6.07, 6.45) is 6.90. The fraction of sp³-hybridized carbons (Fsp3) is 0.692. The van der Waals surface area contributed by atoms with Gasteiger partial charge in [-0.15, -0.1) is 6.42 Å². The molecule has 0 aromatic carbocycles. The quantitative estimate of drug-likeness (QED) is 0.707. The van der Waals surface area contributed by atoms with Crippen molar-refractivity contribution >= 4 is 11.9 Å². The number of amides is 1. The second-order valence-corrected chi connectivity index (χ2v) is 5.13. The van der Waals surface area contributed by atoms with E-state index in [4.69, 9.17) is 11.5 Å². The van der Waals surface area contributed by atoms with Crippen LogP contribution in [0.15, 0.2) is 0 Å². The summed E-state index contributed by atoms with van der Waals surface area (Å²) in [4.78, 5) is 22.9. The van der Waals surface area contributed by atoms with Crippen LogP contribution in [0.5, 0.6) is 0 Å². The zero-order chi connectivity index (χ0) is 13.2. The van der Waals surface area contributed by atoms with Crippen molar-refractivity contribution in [1.29, 1.82) is 0 Å². The van der Waals surface area contributed by atoms with Gasteiger partial charge in [-0.25, -0.2) is 0 Å². The number of terminal acetylenes is 1. The van der Waals surface area contributed by atoms with Gasteiger partial charge >= 0.3 is 5.97 Å².